The van der Waals surface area contributed by atoms with E-state index in [4.69, 9.17) is 0 Å². The van der Waals surface area contributed by atoms with Gasteiger partial charge >= 0.3 is 0 Å². The van der Waals surface area contributed by atoms with Crippen LogP contribution in [-0.2, 0) is 23.2 Å². The summed E-state index contributed by atoms with van der Waals surface area (Å²) in [6.07, 6.45) is 2.95. The maximum atomic E-state index is 12.6. The molecular weight excluding hydrogens is 334 g/mol. The van der Waals surface area contributed by atoms with Gasteiger partial charge in [0.25, 0.3) is 10.2 Å². The second-order valence-electron chi connectivity index (χ2n) is 6.77. The first kappa shape index (κ1) is 18.7. The molecule has 23 heavy (non-hydrogen) atoms. The van der Waals surface area contributed by atoms with Crippen LogP contribution in [0.2, 0.25) is 0 Å². The van der Waals surface area contributed by atoms with Crippen LogP contribution in [0.4, 0.5) is 0 Å². The summed E-state index contributed by atoms with van der Waals surface area (Å²) in [6.45, 7) is 5.58. The molecule has 0 aromatic heterocycles. The summed E-state index contributed by atoms with van der Waals surface area (Å²) in [5, 5.41) is 3.36. The van der Waals surface area contributed by atoms with Crippen LogP contribution < -0.4 is 10.0 Å². The average molecular weight is 360 g/mol. The summed E-state index contributed by atoms with van der Waals surface area (Å²) in [5.74, 6) is 0. The van der Waals surface area contributed by atoms with Crippen molar-refractivity contribution in [2.75, 3.05) is 26.2 Å². The molecular formula is C16H26ClN3O2S. The number of benzene rings is 1. The van der Waals surface area contributed by atoms with Crippen molar-refractivity contribution >= 4 is 22.6 Å². The van der Waals surface area contributed by atoms with Crippen LogP contribution in [0.1, 0.15) is 30.9 Å². The van der Waals surface area contributed by atoms with Gasteiger partial charge in [0.05, 0.1) is 0 Å². The molecule has 7 heteroatoms. The molecule has 0 spiro atoms. The average Bonchev–Trinajstić information content (AvgIpc) is 2.53. The van der Waals surface area contributed by atoms with E-state index in [1.165, 1.54) is 5.56 Å². The fourth-order valence-corrected chi connectivity index (χ4v) is 4.66. The monoisotopic (exact) mass is 359 g/mol. The standard InChI is InChI=1S/C16H25N3O2S.ClH/c1-16(8-4-9-17-12-16)13-18-22(20,21)19-10-7-14-5-2-3-6-15(14)11-19;/h2-3,5-6,17-18H,4,7-13H2,1H3;1H. The third kappa shape index (κ3) is 4.45. The van der Waals surface area contributed by atoms with Crippen LogP contribution in [0.25, 0.3) is 0 Å². The molecule has 5 nitrogen and oxygen atoms in total. The number of piperidine rings is 1. The number of fused-ring (bicyclic) bond motifs is 1. The third-order valence-electron chi connectivity index (χ3n) is 4.80. The molecule has 3 rings (SSSR count). The summed E-state index contributed by atoms with van der Waals surface area (Å²) >= 11 is 0. The Bertz CT molecular complexity index is 630. The van der Waals surface area contributed by atoms with E-state index in [0.717, 1.165) is 37.9 Å². The molecule has 2 heterocycles. The van der Waals surface area contributed by atoms with E-state index in [2.05, 4.69) is 23.0 Å². The number of hydrogen-bond acceptors (Lipinski definition) is 3. The van der Waals surface area contributed by atoms with E-state index in [1.807, 2.05) is 18.2 Å². The molecule has 0 radical (unpaired) electrons. The first-order chi connectivity index (χ1) is 10.5. The van der Waals surface area contributed by atoms with Gasteiger partial charge in [-0.2, -0.15) is 12.7 Å². The van der Waals surface area contributed by atoms with Crippen LogP contribution in [-0.4, -0.2) is 38.9 Å². The normalized spacial score (nSPS) is 25.4. The van der Waals surface area contributed by atoms with Gasteiger partial charge in [0, 0.05) is 26.2 Å². The van der Waals surface area contributed by atoms with Crippen molar-refractivity contribution in [3.63, 3.8) is 0 Å². The molecule has 1 atom stereocenters. The molecule has 2 aliphatic heterocycles. The molecule has 2 aliphatic rings. The predicted octanol–water partition coefficient (Wildman–Crippen LogP) is 1.69. The van der Waals surface area contributed by atoms with Crippen molar-refractivity contribution in [2.24, 2.45) is 5.41 Å². The molecule has 0 aliphatic carbocycles. The molecule has 1 aromatic carbocycles. The highest BCUT2D eigenvalue weighted by molar-refractivity contribution is 7.87. The molecule has 1 fully saturated rings. The number of nitrogens with zero attached hydrogens (tertiary/aromatic N) is 1. The summed E-state index contributed by atoms with van der Waals surface area (Å²) in [7, 11) is -3.41. The van der Waals surface area contributed by atoms with Gasteiger partial charge in [0.15, 0.2) is 0 Å². The third-order valence-corrected chi connectivity index (χ3v) is 6.30. The Morgan fingerprint density at radius 2 is 2.04 bits per heavy atom. The fraction of sp³-hybridized carbons (Fsp3) is 0.625. The lowest BCUT2D eigenvalue weighted by atomic mass is 9.83. The zero-order chi connectivity index (χ0) is 15.6. The highest BCUT2D eigenvalue weighted by Crippen LogP contribution is 2.25. The Balaban J connectivity index is 0.00000192. The van der Waals surface area contributed by atoms with Crippen LogP contribution in [0.3, 0.4) is 0 Å². The topological polar surface area (TPSA) is 61.4 Å². The Kier molecular flexibility index (Phi) is 6.08. The summed E-state index contributed by atoms with van der Waals surface area (Å²) < 4.78 is 29.5. The second kappa shape index (κ2) is 7.49. The molecule has 0 saturated carbocycles. The van der Waals surface area contributed by atoms with Crippen molar-refractivity contribution in [3.05, 3.63) is 35.4 Å². The van der Waals surface area contributed by atoms with Gasteiger partial charge in [-0.05, 0) is 42.3 Å². The Hall–Kier alpha value is -0.660. The number of halogens is 1. The van der Waals surface area contributed by atoms with Crippen LogP contribution in [0.5, 0.6) is 0 Å². The lowest BCUT2D eigenvalue weighted by Crippen LogP contribution is -2.50. The number of nitrogens with one attached hydrogen (secondary N) is 2. The second-order valence-corrected chi connectivity index (χ2v) is 8.52. The highest BCUT2D eigenvalue weighted by atomic mass is 35.5. The first-order valence-corrected chi connectivity index (χ1v) is 9.45. The zero-order valence-corrected chi connectivity index (χ0v) is 15.2. The summed E-state index contributed by atoms with van der Waals surface area (Å²) in [4.78, 5) is 0. The SMILES string of the molecule is CC1(CNS(=O)(=O)N2CCc3ccccc3C2)CCCNC1.Cl. The molecule has 1 aromatic rings. The lowest BCUT2D eigenvalue weighted by molar-refractivity contribution is 0.236. The van der Waals surface area contributed by atoms with Crippen LogP contribution >= 0.6 is 12.4 Å². The Morgan fingerprint density at radius 3 is 2.74 bits per heavy atom. The largest absolute Gasteiger partial charge is 0.316 e. The first-order valence-electron chi connectivity index (χ1n) is 8.01. The van der Waals surface area contributed by atoms with Gasteiger partial charge in [-0.1, -0.05) is 31.2 Å². The fourth-order valence-electron chi connectivity index (χ4n) is 3.30. The maximum absolute atomic E-state index is 12.6. The van der Waals surface area contributed by atoms with Gasteiger partial charge in [-0.3, -0.25) is 0 Å². The number of rotatable bonds is 4. The van der Waals surface area contributed by atoms with Gasteiger partial charge in [0.2, 0.25) is 0 Å². The van der Waals surface area contributed by atoms with E-state index in [1.54, 1.807) is 4.31 Å². The van der Waals surface area contributed by atoms with Crippen molar-refractivity contribution in [1.29, 1.82) is 0 Å². The number of hydrogen-bond donors (Lipinski definition) is 2. The van der Waals surface area contributed by atoms with E-state index in [0.29, 0.717) is 19.6 Å². The van der Waals surface area contributed by atoms with Crippen molar-refractivity contribution < 1.29 is 8.42 Å². The van der Waals surface area contributed by atoms with E-state index in [-0.39, 0.29) is 17.8 Å². The maximum Gasteiger partial charge on any atom is 0.279 e. The minimum Gasteiger partial charge on any atom is -0.316 e. The molecule has 0 amide bonds. The molecule has 1 saturated heterocycles. The summed E-state index contributed by atoms with van der Waals surface area (Å²) in [5.41, 5.74) is 2.39. The Morgan fingerprint density at radius 1 is 1.30 bits per heavy atom. The lowest BCUT2D eigenvalue weighted by Gasteiger charge is -2.35. The Labute approximate surface area is 145 Å². The zero-order valence-electron chi connectivity index (χ0n) is 13.5. The van der Waals surface area contributed by atoms with Crippen molar-refractivity contribution in [3.8, 4) is 0 Å². The highest BCUT2D eigenvalue weighted by Gasteiger charge is 2.31. The quantitative estimate of drug-likeness (QED) is 0.860. The van der Waals surface area contributed by atoms with Gasteiger partial charge in [-0.25, -0.2) is 4.72 Å². The smallest absolute Gasteiger partial charge is 0.279 e. The van der Waals surface area contributed by atoms with Gasteiger partial charge in [-0.15, -0.1) is 12.4 Å². The molecule has 1 unspecified atom stereocenters. The van der Waals surface area contributed by atoms with E-state index >= 15 is 0 Å². The van der Waals surface area contributed by atoms with Crippen molar-refractivity contribution in [2.45, 2.75) is 32.7 Å². The summed E-state index contributed by atoms with van der Waals surface area (Å²) in [6, 6.07) is 8.08. The van der Waals surface area contributed by atoms with Gasteiger partial charge < -0.3 is 5.32 Å². The van der Waals surface area contributed by atoms with Crippen molar-refractivity contribution in [1.82, 2.24) is 14.3 Å². The molecule has 2 N–H and O–H groups in total. The van der Waals surface area contributed by atoms with E-state index in [9.17, 15) is 8.42 Å². The molecule has 130 valence electrons. The minimum atomic E-state index is -3.41. The predicted molar refractivity (Wildman–Crippen MR) is 94.9 cm³/mol. The van der Waals surface area contributed by atoms with Crippen LogP contribution in [0, 0.1) is 5.41 Å². The minimum absolute atomic E-state index is 0. The van der Waals surface area contributed by atoms with E-state index < -0.39 is 10.2 Å². The van der Waals surface area contributed by atoms with Gasteiger partial charge in [0.1, 0.15) is 0 Å². The van der Waals surface area contributed by atoms with Crippen LogP contribution in [0.15, 0.2) is 24.3 Å². The molecule has 0 bridgehead atoms.